The predicted molar refractivity (Wildman–Crippen MR) is 159 cm³/mol. The predicted octanol–water partition coefficient (Wildman–Crippen LogP) is 3.66. The Morgan fingerprint density at radius 3 is 2.09 bits per heavy atom. The number of hydrogen-bond donors (Lipinski definition) is 1. The summed E-state index contributed by atoms with van der Waals surface area (Å²) in [5, 5.41) is 19.0. The van der Waals surface area contributed by atoms with Gasteiger partial charge in [0.15, 0.2) is 16.8 Å². The highest BCUT2D eigenvalue weighted by Gasteiger charge is 2.16. The Kier molecular flexibility index (Phi) is 13.7. The number of halogens is 1. The number of phenolic OH excluding ortho intramolecular Hbond substituents is 1. The highest BCUT2D eigenvalue weighted by atomic mass is 35.5. The molecule has 4 aromatic rings. The van der Waals surface area contributed by atoms with E-state index in [9.17, 15) is 9.90 Å². The normalized spacial score (nSPS) is 11.4. The van der Waals surface area contributed by atoms with Crippen LogP contribution < -0.4 is 10.2 Å². The van der Waals surface area contributed by atoms with E-state index < -0.39 is 0 Å². The molecule has 0 aliphatic heterocycles. The molecule has 2 heterocycles. The van der Waals surface area contributed by atoms with E-state index in [-0.39, 0.29) is 29.1 Å². The van der Waals surface area contributed by atoms with E-state index in [1.54, 1.807) is 10.9 Å². The summed E-state index contributed by atoms with van der Waals surface area (Å²) in [4.78, 5) is 12.7. The van der Waals surface area contributed by atoms with Crippen molar-refractivity contribution in [2.45, 2.75) is 13.2 Å². The number of aromatic nitrogens is 3. The van der Waals surface area contributed by atoms with Crippen LogP contribution in [0.15, 0.2) is 63.9 Å². The van der Waals surface area contributed by atoms with Gasteiger partial charge in [-0.3, -0.25) is 4.79 Å². The maximum absolute atomic E-state index is 12.7. The zero-order chi connectivity index (χ0) is 30.1. The van der Waals surface area contributed by atoms with E-state index in [0.717, 1.165) is 5.56 Å². The van der Waals surface area contributed by atoms with Crippen molar-refractivity contribution in [3.05, 3.63) is 70.6 Å². The minimum absolute atomic E-state index is 0.0117. The van der Waals surface area contributed by atoms with Gasteiger partial charge in [-0.1, -0.05) is 35.5 Å². The summed E-state index contributed by atoms with van der Waals surface area (Å²) in [6.07, 6.45) is 1.72. The molecule has 0 fully saturated rings. The summed E-state index contributed by atoms with van der Waals surface area (Å²) in [5.74, 6) is 0.771. The molecule has 12 nitrogen and oxygen atoms in total. The molecule has 0 spiro atoms. The van der Waals surface area contributed by atoms with Gasteiger partial charge in [-0.05, 0) is 12.1 Å². The first kappa shape index (κ1) is 32.4. The molecule has 0 unspecified atom stereocenters. The fourth-order valence-corrected chi connectivity index (χ4v) is 4.03. The van der Waals surface area contributed by atoms with Gasteiger partial charge in [-0.25, -0.2) is 4.68 Å². The number of alkyl halides is 1. The summed E-state index contributed by atoms with van der Waals surface area (Å²) in [7, 11) is 0. The molecular formula is C30H36ClN3O9. The fourth-order valence-electron chi connectivity index (χ4n) is 3.92. The van der Waals surface area contributed by atoms with Gasteiger partial charge in [-0.15, -0.1) is 16.7 Å². The van der Waals surface area contributed by atoms with Crippen LogP contribution in [0.4, 0.5) is 0 Å². The largest absolute Gasteiger partial charge is 0.504 e. The number of fused-ring (bicyclic) bond motifs is 1. The van der Waals surface area contributed by atoms with Crippen LogP contribution in [0.2, 0.25) is 0 Å². The molecule has 13 heteroatoms. The lowest BCUT2D eigenvalue weighted by atomic mass is 10.1. The molecule has 0 atom stereocenters. The van der Waals surface area contributed by atoms with Crippen molar-refractivity contribution in [2.24, 2.45) is 0 Å². The molecule has 4 rings (SSSR count). The molecule has 0 saturated heterocycles. The number of nitrogens with zero attached hydrogens (tertiary/aromatic N) is 3. The van der Waals surface area contributed by atoms with Crippen LogP contribution in [-0.4, -0.2) is 92.0 Å². The lowest BCUT2D eigenvalue weighted by molar-refractivity contribution is -0.0107. The quantitative estimate of drug-likeness (QED) is 0.108. The summed E-state index contributed by atoms with van der Waals surface area (Å²) < 4.78 is 40.6. The molecule has 232 valence electrons. The fraction of sp³-hybridized carbons (Fsp3) is 0.433. The average molecular weight is 618 g/mol. The van der Waals surface area contributed by atoms with Gasteiger partial charge in [0.2, 0.25) is 5.75 Å². The van der Waals surface area contributed by atoms with Gasteiger partial charge in [0.1, 0.15) is 18.1 Å². The molecule has 0 aliphatic rings. The van der Waals surface area contributed by atoms with Crippen molar-refractivity contribution in [2.75, 3.05) is 71.9 Å². The Balaban J connectivity index is 1.13. The van der Waals surface area contributed by atoms with Gasteiger partial charge in [-0.2, -0.15) is 0 Å². The van der Waals surface area contributed by atoms with Crippen LogP contribution in [0.1, 0.15) is 5.69 Å². The second-order valence-electron chi connectivity index (χ2n) is 9.14. The lowest BCUT2D eigenvalue weighted by Crippen LogP contribution is -2.14. The number of rotatable bonds is 21. The SMILES string of the molecule is O=c1cc(-c2ccccc2)oc2c(OCc3cn(CCOCCOCCOCCOCCOCCCl)nn3)c(O)ccc12. The van der Waals surface area contributed by atoms with Crippen LogP contribution >= 0.6 is 11.6 Å². The summed E-state index contributed by atoms with van der Waals surface area (Å²) in [6, 6.07) is 13.6. The standard InChI is InChI=1S/C30H36ClN3O9/c31-8-10-37-12-14-39-16-18-41-19-17-40-15-13-38-11-9-34-21-24(32-33-34)22-42-30-26(35)7-6-25-27(36)20-28(43-29(25)30)23-4-2-1-3-5-23/h1-7,20-21,35H,8-19,22H2. The monoisotopic (exact) mass is 617 g/mol. The first-order valence-electron chi connectivity index (χ1n) is 14.0. The summed E-state index contributed by atoms with van der Waals surface area (Å²) in [5.41, 5.74) is 1.19. The van der Waals surface area contributed by atoms with Gasteiger partial charge < -0.3 is 37.9 Å². The van der Waals surface area contributed by atoms with Crippen molar-refractivity contribution >= 4 is 22.6 Å². The zero-order valence-corrected chi connectivity index (χ0v) is 24.6. The van der Waals surface area contributed by atoms with Crippen LogP contribution in [0.3, 0.4) is 0 Å². The maximum Gasteiger partial charge on any atom is 0.205 e. The van der Waals surface area contributed by atoms with E-state index in [0.29, 0.717) is 95.3 Å². The second kappa shape index (κ2) is 18.2. The number of hydrogen-bond acceptors (Lipinski definition) is 11. The van der Waals surface area contributed by atoms with Crippen LogP contribution in [0.5, 0.6) is 11.5 Å². The van der Waals surface area contributed by atoms with Gasteiger partial charge in [0.05, 0.1) is 84.2 Å². The first-order valence-corrected chi connectivity index (χ1v) is 14.5. The minimum atomic E-state index is -0.239. The van der Waals surface area contributed by atoms with Crippen LogP contribution in [0, 0.1) is 0 Å². The van der Waals surface area contributed by atoms with E-state index >= 15 is 0 Å². The molecule has 43 heavy (non-hydrogen) atoms. The molecule has 2 aromatic carbocycles. The van der Waals surface area contributed by atoms with Crippen molar-refractivity contribution in [1.82, 2.24) is 15.0 Å². The molecule has 0 radical (unpaired) electrons. The summed E-state index contributed by atoms with van der Waals surface area (Å²) in [6.45, 7) is 5.33. The number of ether oxygens (including phenoxy) is 6. The topological polar surface area (TPSA) is 137 Å². The molecule has 0 bridgehead atoms. The van der Waals surface area contributed by atoms with Crippen LogP contribution in [0.25, 0.3) is 22.3 Å². The third kappa shape index (κ3) is 10.6. The van der Waals surface area contributed by atoms with Gasteiger partial charge in [0.25, 0.3) is 0 Å². The highest BCUT2D eigenvalue weighted by molar-refractivity contribution is 6.17. The molecule has 0 amide bonds. The molecular weight excluding hydrogens is 582 g/mol. The molecule has 2 aromatic heterocycles. The molecule has 0 aliphatic carbocycles. The highest BCUT2D eigenvalue weighted by Crippen LogP contribution is 2.36. The Morgan fingerprint density at radius 1 is 0.814 bits per heavy atom. The average Bonchev–Trinajstić information content (AvgIpc) is 3.48. The second-order valence-corrected chi connectivity index (χ2v) is 9.52. The number of benzene rings is 2. The maximum atomic E-state index is 12.7. The Labute approximate surface area is 254 Å². The van der Waals surface area contributed by atoms with E-state index in [1.165, 1.54) is 18.2 Å². The van der Waals surface area contributed by atoms with E-state index in [4.69, 9.17) is 44.4 Å². The number of aromatic hydroxyl groups is 1. The van der Waals surface area contributed by atoms with Gasteiger partial charge >= 0.3 is 0 Å². The molecule has 1 N–H and O–H groups in total. The van der Waals surface area contributed by atoms with E-state index in [1.807, 2.05) is 30.3 Å². The van der Waals surface area contributed by atoms with Crippen molar-refractivity contribution in [3.63, 3.8) is 0 Å². The third-order valence-electron chi connectivity index (χ3n) is 6.01. The van der Waals surface area contributed by atoms with Crippen molar-refractivity contribution < 1.29 is 37.9 Å². The third-order valence-corrected chi connectivity index (χ3v) is 6.17. The van der Waals surface area contributed by atoms with E-state index in [2.05, 4.69) is 10.3 Å². The number of phenols is 1. The lowest BCUT2D eigenvalue weighted by Gasteiger charge is -2.10. The smallest absolute Gasteiger partial charge is 0.205 e. The Morgan fingerprint density at radius 2 is 1.44 bits per heavy atom. The Hall–Kier alpha value is -3.52. The van der Waals surface area contributed by atoms with Gasteiger partial charge in [0, 0.05) is 17.5 Å². The van der Waals surface area contributed by atoms with Crippen LogP contribution in [-0.2, 0) is 36.8 Å². The summed E-state index contributed by atoms with van der Waals surface area (Å²) >= 11 is 5.52. The van der Waals surface area contributed by atoms with Crippen molar-refractivity contribution in [3.8, 4) is 22.8 Å². The van der Waals surface area contributed by atoms with Crippen molar-refractivity contribution in [1.29, 1.82) is 0 Å². The first-order chi connectivity index (χ1) is 21.2. The Bertz CT molecular complexity index is 1430. The zero-order valence-electron chi connectivity index (χ0n) is 23.8. The minimum Gasteiger partial charge on any atom is -0.504 e. The molecule has 0 saturated carbocycles.